The number of hydrogen-bond donors (Lipinski definition) is 2. The molecular weight excluding hydrogens is 280 g/mol. The predicted molar refractivity (Wildman–Crippen MR) is 87.4 cm³/mol. The van der Waals surface area contributed by atoms with Gasteiger partial charge in [0, 0.05) is 10.4 Å². The number of nitrogens with zero attached hydrogens (tertiary/aromatic N) is 2. The molecule has 3 N–H and O–H groups in total. The maximum Gasteiger partial charge on any atom is 0.163 e. The number of nitrogens with two attached hydrogens (primary N) is 1. The van der Waals surface area contributed by atoms with E-state index in [1.54, 1.807) is 11.3 Å². The van der Waals surface area contributed by atoms with Crippen molar-refractivity contribution in [2.75, 3.05) is 5.43 Å². The zero-order chi connectivity index (χ0) is 14.4. The van der Waals surface area contributed by atoms with Crippen LogP contribution in [0.4, 0.5) is 5.82 Å². The van der Waals surface area contributed by atoms with Gasteiger partial charge in [0.15, 0.2) is 11.6 Å². The van der Waals surface area contributed by atoms with Gasteiger partial charge in [-0.05, 0) is 37.8 Å². The molecule has 0 bridgehead atoms. The van der Waals surface area contributed by atoms with Crippen LogP contribution in [0.25, 0.3) is 21.6 Å². The number of aromatic nitrogens is 2. The number of nitrogen functional groups attached to an aromatic ring is 1. The predicted octanol–water partition coefficient (Wildman–Crippen LogP) is 3.44. The Morgan fingerprint density at radius 1 is 1.24 bits per heavy atom. The van der Waals surface area contributed by atoms with Crippen molar-refractivity contribution < 1.29 is 0 Å². The van der Waals surface area contributed by atoms with Gasteiger partial charge in [-0.15, -0.1) is 11.3 Å². The van der Waals surface area contributed by atoms with Gasteiger partial charge < -0.3 is 5.43 Å². The Bertz CT molecular complexity index is 838. The fourth-order valence-electron chi connectivity index (χ4n) is 3.01. The summed E-state index contributed by atoms with van der Waals surface area (Å²) in [6.45, 7) is 2.07. The highest BCUT2D eigenvalue weighted by Gasteiger charge is 2.22. The molecular formula is C16H16N4S. The Hall–Kier alpha value is -1.98. The summed E-state index contributed by atoms with van der Waals surface area (Å²) in [4.78, 5) is 11.9. The number of hydrazine groups is 1. The highest BCUT2D eigenvalue weighted by molar-refractivity contribution is 7.19. The Kier molecular flexibility index (Phi) is 2.90. The van der Waals surface area contributed by atoms with Crippen LogP contribution in [-0.4, -0.2) is 9.97 Å². The monoisotopic (exact) mass is 296 g/mol. The fraction of sp³-hybridized carbons (Fsp3) is 0.250. The average molecular weight is 296 g/mol. The van der Waals surface area contributed by atoms with Gasteiger partial charge in [0.2, 0.25) is 0 Å². The van der Waals surface area contributed by atoms with Crippen LogP contribution in [0.5, 0.6) is 0 Å². The van der Waals surface area contributed by atoms with E-state index in [2.05, 4.69) is 29.5 Å². The third-order valence-electron chi connectivity index (χ3n) is 3.98. The number of hydrogen-bond acceptors (Lipinski definition) is 5. The normalized spacial score (nSPS) is 13.6. The van der Waals surface area contributed by atoms with Crippen molar-refractivity contribution in [2.24, 2.45) is 5.84 Å². The molecule has 2 heterocycles. The molecule has 0 saturated carbocycles. The smallest absolute Gasteiger partial charge is 0.163 e. The Labute approximate surface area is 127 Å². The number of nitrogens with one attached hydrogen (secondary N) is 1. The van der Waals surface area contributed by atoms with Crippen molar-refractivity contribution >= 4 is 27.4 Å². The maximum absolute atomic E-state index is 5.71. The zero-order valence-corrected chi connectivity index (χ0v) is 12.6. The van der Waals surface area contributed by atoms with E-state index in [4.69, 9.17) is 10.8 Å². The van der Waals surface area contributed by atoms with Gasteiger partial charge in [0.05, 0.1) is 5.39 Å². The molecule has 1 aromatic carbocycles. The molecule has 0 fully saturated rings. The second kappa shape index (κ2) is 4.79. The molecule has 0 aliphatic heterocycles. The molecule has 0 unspecified atom stereocenters. The van der Waals surface area contributed by atoms with Gasteiger partial charge in [-0.2, -0.15) is 0 Å². The van der Waals surface area contributed by atoms with Crippen molar-refractivity contribution in [3.05, 3.63) is 40.3 Å². The Morgan fingerprint density at radius 2 is 2.14 bits per heavy atom. The Morgan fingerprint density at radius 3 is 2.95 bits per heavy atom. The van der Waals surface area contributed by atoms with Crippen LogP contribution >= 0.6 is 11.3 Å². The lowest BCUT2D eigenvalue weighted by Crippen LogP contribution is -2.10. The van der Waals surface area contributed by atoms with Gasteiger partial charge in [0.1, 0.15) is 4.83 Å². The summed E-state index contributed by atoms with van der Waals surface area (Å²) in [6, 6.07) is 8.24. The summed E-state index contributed by atoms with van der Waals surface area (Å²) in [5.74, 6) is 7.19. The lowest BCUT2D eigenvalue weighted by molar-refractivity contribution is 0.917. The Balaban J connectivity index is 1.96. The summed E-state index contributed by atoms with van der Waals surface area (Å²) in [7, 11) is 0. The van der Waals surface area contributed by atoms with Crippen molar-refractivity contribution in [3.63, 3.8) is 0 Å². The van der Waals surface area contributed by atoms with E-state index >= 15 is 0 Å². The lowest BCUT2D eigenvalue weighted by atomic mass is 10.1. The molecule has 0 spiro atoms. The molecule has 0 amide bonds. The molecule has 1 aliphatic rings. The molecule has 4 rings (SSSR count). The van der Waals surface area contributed by atoms with Gasteiger partial charge in [-0.3, -0.25) is 0 Å². The van der Waals surface area contributed by atoms with E-state index in [-0.39, 0.29) is 0 Å². The first-order chi connectivity index (χ1) is 10.3. The van der Waals surface area contributed by atoms with Crippen LogP contribution < -0.4 is 11.3 Å². The van der Waals surface area contributed by atoms with Crippen LogP contribution in [0.3, 0.4) is 0 Å². The first kappa shape index (κ1) is 12.7. The van der Waals surface area contributed by atoms with E-state index in [0.29, 0.717) is 0 Å². The summed E-state index contributed by atoms with van der Waals surface area (Å²) in [5, 5.41) is 1.12. The van der Waals surface area contributed by atoms with Gasteiger partial charge in [-0.25, -0.2) is 15.8 Å². The van der Waals surface area contributed by atoms with Gasteiger partial charge in [0.25, 0.3) is 0 Å². The lowest BCUT2D eigenvalue weighted by Gasteiger charge is -2.07. The minimum atomic E-state index is 0.735. The number of thiophene rings is 1. The second-order valence-electron chi connectivity index (χ2n) is 5.45. The first-order valence-corrected chi connectivity index (χ1v) is 7.94. The van der Waals surface area contributed by atoms with Crippen LogP contribution in [-0.2, 0) is 12.8 Å². The van der Waals surface area contributed by atoms with Crippen LogP contribution in [0.1, 0.15) is 22.4 Å². The van der Waals surface area contributed by atoms with Crippen molar-refractivity contribution in [1.82, 2.24) is 9.97 Å². The van der Waals surface area contributed by atoms with E-state index in [9.17, 15) is 0 Å². The zero-order valence-electron chi connectivity index (χ0n) is 11.8. The number of anilines is 1. The summed E-state index contributed by atoms with van der Waals surface area (Å²) < 4.78 is 0. The standard InChI is InChI=1S/C16H16N4S/c1-9-4-2-5-10(8-9)14-18-15(20-17)13-11-6-3-7-12(11)21-16(13)19-14/h2,4-5,8H,3,6-7,17H2,1H3,(H,18,19,20). The topological polar surface area (TPSA) is 63.8 Å². The van der Waals surface area contributed by atoms with Crippen molar-refractivity contribution in [2.45, 2.75) is 26.2 Å². The fourth-order valence-corrected chi connectivity index (χ4v) is 4.27. The minimum absolute atomic E-state index is 0.735. The SMILES string of the molecule is Cc1cccc(-c2nc(NN)c3c4c(sc3n2)CCC4)c1. The first-order valence-electron chi connectivity index (χ1n) is 7.12. The molecule has 0 radical (unpaired) electrons. The molecule has 1 aliphatic carbocycles. The van der Waals surface area contributed by atoms with E-state index in [0.717, 1.165) is 40.3 Å². The van der Waals surface area contributed by atoms with Crippen LogP contribution in [0.15, 0.2) is 24.3 Å². The summed E-state index contributed by atoms with van der Waals surface area (Å²) in [5.41, 5.74) is 6.38. The molecule has 106 valence electrons. The number of fused-ring (bicyclic) bond motifs is 3. The molecule has 2 aromatic heterocycles. The van der Waals surface area contributed by atoms with E-state index in [1.807, 2.05) is 12.1 Å². The van der Waals surface area contributed by atoms with E-state index in [1.165, 1.54) is 22.4 Å². The number of rotatable bonds is 2. The van der Waals surface area contributed by atoms with Crippen LogP contribution in [0, 0.1) is 6.92 Å². The van der Waals surface area contributed by atoms with Crippen molar-refractivity contribution in [3.8, 4) is 11.4 Å². The van der Waals surface area contributed by atoms with Gasteiger partial charge in [-0.1, -0.05) is 23.8 Å². The number of aryl methyl sites for hydroxylation is 3. The summed E-state index contributed by atoms with van der Waals surface area (Å²) in [6.07, 6.45) is 3.48. The third-order valence-corrected chi connectivity index (χ3v) is 5.16. The molecule has 3 aromatic rings. The van der Waals surface area contributed by atoms with E-state index < -0.39 is 0 Å². The van der Waals surface area contributed by atoms with Crippen LogP contribution in [0.2, 0.25) is 0 Å². The highest BCUT2D eigenvalue weighted by Crippen LogP contribution is 2.40. The quantitative estimate of drug-likeness (QED) is 0.561. The molecule has 0 atom stereocenters. The molecule has 21 heavy (non-hydrogen) atoms. The molecule has 4 nitrogen and oxygen atoms in total. The largest absolute Gasteiger partial charge is 0.308 e. The number of benzene rings is 1. The highest BCUT2D eigenvalue weighted by atomic mass is 32.1. The second-order valence-corrected chi connectivity index (χ2v) is 6.53. The van der Waals surface area contributed by atoms with Crippen molar-refractivity contribution in [1.29, 1.82) is 0 Å². The maximum atomic E-state index is 5.71. The average Bonchev–Trinajstić information content (AvgIpc) is 3.06. The van der Waals surface area contributed by atoms with Gasteiger partial charge >= 0.3 is 0 Å². The summed E-state index contributed by atoms with van der Waals surface area (Å²) >= 11 is 1.78. The molecule has 5 heteroatoms. The molecule has 0 saturated heterocycles. The minimum Gasteiger partial charge on any atom is -0.308 e. The third kappa shape index (κ3) is 2.01.